The first-order chi connectivity index (χ1) is 3.81. The predicted octanol–water partition coefficient (Wildman–Crippen LogP) is 0.237. The second kappa shape index (κ2) is 4.82. The largest absolute Gasteiger partial charge is 0.142 e. The van der Waals surface area contributed by atoms with Gasteiger partial charge in [0.25, 0.3) is 0 Å². The molecule has 0 aliphatic rings. The molecule has 0 amide bonds. The Morgan fingerprint density at radius 3 is 2.38 bits per heavy atom. The molecule has 0 atom stereocenters. The first-order valence-electron chi connectivity index (χ1n) is 2.34. The van der Waals surface area contributed by atoms with Gasteiger partial charge in [0.2, 0.25) is 0 Å². The normalized spacial score (nSPS) is 12.8. The highest BCUT2D eigenvalue weighted by Crippen LogP contribution is 1.92. The van der Waals surface area contributed by atoms with Gasteiger partial charge in [-0.05, 0) is 6.42 Å². The monoisotopic (exact) mass is 98.1 g/mol. The van der Waals surface area contributed by atoms with E-state index in [0.717, 1.165) is 0 Å². The van der Waals surface area contributed by atoms with Gasteiger partial charge in [-0.25, -0.2) is 0 Å². The van der Waals surface area contributed by atoms with Gasteiger partial charge in [0.05, 0.1) is 0 Å². The van der Waals surface area contributed by atoms with E-state index in [1.807, 2.05) is 0 Å². The summed E-state index contributed by atoms with van der Waals surface area (Å²) in [6.45, 7) is 0. The molecule has 3 heteroatoms. The van der Waals surface area contributed by atoms with Crippen LogP contribution in [-0.2, 0) is 0 Å². The molecule has 0 aliphatic carbocycles. The van der Waals surface area contributed by atoms with Gasteiger partial charge in [-0.2, -0.15) is 0 Å². The predicted molar refractivity (Wildman–Crippen MR) is 39.1 cm³/mol. The topological polar surface area (TPSA) is 0 Å². The maximum atomic E-state index is 5.29. The Balaban J connectivity index is 3.40. The Morgan fingerprint density at radius 1 is 1.38 bits per heavy atom. The summed E-state index contributed by atoms with van der Waals surface area (Å²) in [5.41, 5.74) is 0.631. The Labute approximate surface area is 54.3 Å². The molecule has 0 aromatic carbocycles. The zero-order chi connectivity index (χ0) is 6.41. The van der Waals surface area contributed by atoms with Crippen molar-refractivity contribution in [3.8, 4) is 0 Å². The van der Waals surface area contributed by atoms with E-state index in [-0.39, 0.29) is 0 Å². The van der Waals surface area contributed by atoms with Gasteiger partial charge >= 0.3 is 0 Å². The highest BCUT2D eigenvalue weighted by atomic mass is 13.7. The summed E-state index contributed by atoms with van der Waals surface area (Å²) in [6.07, 6.45) is 2.37. The van der Waals surface area contributed by atoms with Crippen molar-refractivity contribution in [2.24, 2.45) is 0 Å². The molecule has 0 nitrogen and oxygen atoms in total. The van der Waals surface area contributed by atoms with E-state index in [0.29, 0.717) is 11.9 Å². The van der Waals surface area contributed by atoms with Crippen molar-refractivity contribution in [1.82, 2.24) is 0 Å². The van der Waals surface area contributed by atoms with Crippen molar-refractivity contribution in [3.05, 3.63) is 23.5 Å². The minimum absolute atomic E-state index is 0.631. The van der Waals surface area contributed by atoms with Crippen molar-refractivity contribution in [2.75, 3.05) is 0 Å². The van der Waals surface area contributed by atoms with E-state index in [1.165, 1.54) is 12.0 Å². The smallest absolute Gasteiger partial charge is 0.106 e. The quantitative estimate of drug-likeness (QED) is 0.433. The molecule has 0 saturated heterocycles. The van der Waals surface area contributed by atoms with Crippen LogP contribution in [0.4, 0.5) is 0 Å². The molecule has 6 radical (unpaired) electrons. The standard InChI is InChI=1S/C5H5B3/c6-3-1-2-5(8)4-7/h1,3-4H,2H2/b3-1+,5-4-. The Kier molecular flexibility index (Phi) is 4.63. The molecule has 0 heterocycles. The highest BCUT2D eigenvalue weighted by Gasteiger charge is 1.77. The van der Waals surface area contributed by atoms with Crippen molar-refractivity contribution >= 4 is 23.5 Å². The van der Waals surface area contributed by atoms with E-state index < -0.39 is 0 Å². The molecular weight excluding hydrogens is 92.5 g/mol. The number of allylic oxidation sites excluding steroid dienone is 2. The minimum atomic E-state index is 0.631. The number of hydrogen-bond donors (Lipinski definition) is 0. The average molecular weight is 97.5 g/mol. The summed E-state index contributed by atoms with van der Waals surface area (Å²) < 4.78 is 0. The van der Waals surface area contributed by atoms with E-state index in [4.69, 9.17) is 23.5 Å². The lowest BCUT2D eigenvalue weighted by atomic mass is 9.86. The lowest BCUT2D eigenvalue weighted by molar-refractivity contribution is 1.37. The average Bonchev–Trinajstić information content (AvgIpc) is 1.83. The van der Waals surface area contributed by atoms with E-state index in [2.05, 4.69) is 0 Å². The first kappa shape index (κ1) is 7.67. The molecule has 0 N–H and O–H groups in total. The van der Waals surface area contributed by atoms with Gasteiger partial charge in [-0.15, -0.1) is 17.4 Å². The summed E-state index contributed by atoms with van der Waals surface area (Å²) >= 11 is 0. The van der Waals surface area contributed by atoms with Crippen LogP contribution in [0.1, 0.15) is 6.42 Å². The molecule has 8 heavy (non-hydrogen) atoms. The Hall–Kier alpha value is -0.325. The fraction of sp³-hybridized carbons (Fsp3) is 0.200. The summed E-state index contributed by atoms with van der Waals surface area (Å²) in [7, 11) is 15.4. The number of hydrogen-bond acceptors (Lipinski definition) is 0. The maximum absolute atomic E-state index is 5.29. The van der Waals surface area contributed by atoms with Gasteiger partial charge in [0, 0.05) is 0 Å². The van der Waals surface area contributed by atoms with E-state index in [1.54, 1.807) is 6.08 Å². The van der Waals surface area contributed by atoms with Crippen molar-refractivity contribution in [3.63, 3.8) is 0 Å². The van der Waals surface area contributed by atoms with Gasteiger partial charge in [-0.3, -0.25) is 0 Å². The summed E-state index contributed by atoms with van der Waals surface area (Å²) in [5.74, 6) is 2.80. The molecule has 0 spiro atoms. The molecule has 0 aromatic rings. The molecule has 0 rings (SSSR count). The van der Waals surface area contributed by atoms with Crippen LogP contribution in [0.3, 0.4) is 0 Å². The summed E-state index contributed by atoms with van der Waals surface area (Å²) in [6, 6.07) is 0. The summed E-state index contributed by atoms with van der Waals surface area (Å²) in [4.78, 5) is 0. The van der Waals surface area contributed by atoms with Crippen LogP contribution in [0.2, 0.25) is 0 Å². The third kappa shape index (κ3) is 3.85. The van der Waals surface area contributed by atoms with Crippen LogP contribution in [0, 0.1) is 0 Å². The molecule has 0 aromatic heterocycles. The third-order valence-corrected chi connectivity index (χ3v) is 0.704. The van der Waals surface area contributed by atoms with Gasteiger partial charge < -0.3 is 0 Å². The number of rotatable bonds is 2. The van der Waals surface area contributed by atoms with Crippen molar-refractivity contribution < 1.29 is 0 Å². The molecule has 0 fully saturated rings. The summed E-state index contributed by atoms with van der Waals surface area (Å²) in [5, 5.41) is 0. The Morgan fingerprint density at radius 2 is 2.00 bits per heavy atom. The van der Waals surface area contributed by atoms with Crippen LogP contribution in [0.15, 0.2) is 23.5 Å². The third-order valence-electron chi connectivity index (χ3n) is 0.704. The van der Waals surface area contributed by atoms with Crippen LogP contribution in [0.5, 0.6) is 0 Å². The van der Waals surface area contributed by atoms with Crippen LogP contribution < -0.4 is 0 Å². The maximum Gasteiger partial charge on any atom is 0.106 e. The SMILES string of the molecule is [B]/C=C/C/C([B])=C/[B]. The molecular formula is C5H5B3. The van der Waals surface area contributed by atoms with E-state index >= 15 is 0 Å². The lowest BCUT2D eigenvalue weighted by Gasteiger charge is -1.89. The fourth-order valence-electron chi connectivity index (χ4n) is 0.272. The van der Waals surface area contributed by atoms with Crippen LogP contribution in [0.25, 0.3) is 0 Å². The zero-order valence-electron chi connectivity index (χ0n) is 4.67. The van der Waals surface area contributed by atoms with Crippen LogP contribution >= 0.6 is 0 Å². The molecule has 34 valence electrons. The first-order valence-corrected chi connectivity index (χ1v) is 2.34. The van der Waals surface area contributed by atoms with Gasteiger partial charge in [0.15, 0.2) is 0 Å². The second-order valence-electron chi connectivity index (χ2n) is 1.37. The van der Waals surface area contributed by atoms with E-state index in [9.17, 15) is 0 Å². The lowest BCUT2D eigenvalue weighted by Crippen LogP contribution is -1.77. The fourth-order valence-corrected chi connectivity index (χ4v) is 0.272. The van der Waals surface area contributed by atoms with Gasteiger partial charge in [0.1, 0.15) is 23.5 Å². The molecule has 0 aliphatic heterocycles. The minimum Gasteiger partial charge on any atom is -0.142 e. The second-order valence-corrected chi connectivity index (χ2v) is 1.37. The van der Waals surface area contributed by atoms with Crippen LogP contribution in [-0.4, -0.2) is 23.5 Å². The Bertz CT molecular complexity index is 104. The molecule has 0 unspecified atom stereocenters. The van der Waals surface area contributed by atoms with Gasteiger partial charge in [-0.1, -0.05) is 6.08 Å². The van der Waals surface area contributed by atoms with Crippen molar-refractivity contribution in [2.45, 2.75) is 6.42 Å². The van der Waals surface area contributed by atoms with Crippen molar-refractivity contribution in [1.29, 1.82) is 0 Å². The zero-order valence-corrected chi connectivity index (χ0v) is 4.67. The molecule has 0 bridgehead atoms. The highest BCUT2D eigenvalue weighted by molar-refractivity contribution is 6.28. The molecule has 0 saturated carbocycles.